The van der Waals surface area contributed by atoms with Crippen LogP contribution in [0.5, 0.6) is 0 Å². The van der Waals surface area contributed by atoms with Crippen molar-refractivity contribution in [3.63, 3.8) is 0 Å². The summed E-state index contributed by atoms with van der Waals surface area (Å²) < 4.78 is 4.71. The first-order valence-corrected chi connectivity index (χ1v) is 5.88. The van der Waals surface area contributed by atoms with Crippen LogP contribution in [0, 0.1) is 0 Å². The van der Waals surface area contributed by atoms with E-state index in [1.165, 1.54) is 32.8 Å². The van der Waals surface area contributed by atoms with Gasteiger partial charge in [-0.3, -0.25) is 0 Å². The van der Waals surface area contributed by atoms with Crippen LogP contribution < -0.4 is 5.32 Å². The standard InChI is InChI=1S/C11H20N2O2/c1-15-11(14)13-7-6-10(8-13)12-9-4-2-3-5-9/h9-10,12H,2-8H2,1H3. The van der Waals surface area contributed by atoms with Crippen molar-refractivity contribution >= 4 is 6.09 Å². The Bertz CT molecular complexity index is 227. The first-order chi connectivity index (χ1) is 7.29. The molecule has 4 nitrogen and oxygen atoms in total. The smallest absolute Gasteiger partial charge is 0.409 e. The van der Waals surface area contributed by atoms with E-state index in [-0.39, 0.29) is 6.09 Å². The second-order valence-electron chi connectivity index (χ2n) is 4.55. The minimum atomic E-state index is -0.189. The van der Waals surface area contributed by atoms with Crippen LogP contribution in [0.1, 0.15) is 32.1 Å². The Morgan fingerprint density at radius 3 is 2.67 bits per heavy atom. The van der Waals surface area contributed by atoms with Crippen LogP contribution in [0.2, 0.25) is 0 Å². The summed E-state index contributed by atoms with van der Waals surface area (Å²) in [5.74, 6) is 0. The van der Waals surface area contributed by atoms with Crippen molar-refractivity contribution in [3.05, 3.63) is 0 Å². The third-order valence-corrected chi connectivity index (χ3v) is 3.45. The first-order valence-electron chi connectivity index (χ1n) is 5.88. The summed E-state index contributed by atoms with van der Waals surface area (Å²) in [4.78, 5) is 13.1. The molecular weight excluding hydrogens is 192 g/mol. The maximum atomic E-state index is 11.3. The Hall–Kier alpha value is -0.770. The van der Waals surface area contributed by atoms with Gasteiger partial charge in [-0.2, -0.15) is 0 Å². The molecule has 2 fully saturated rings. The van der Waals surface area contributed by atoms with Crippen LogP contribution in [0.15, 0.2) is 0 Å². The number of rotatable bonds is 2. The van der Waals surface area contributed by atoms with Gasteiger partial charge in [0, 0.05) is 25.2 Å². The van der Waals surface area contributed by atoms with E-state index in [4.69, 9.17) is 4.74 Å². The first kappa shape index (κ1) is 10.7. The number of hydrogen-bond acceptors (Lipinski definition) is 3. The maximum Gasteiger partial charge on any atom is 0.409 e. The molecule has 0 aromatic heterocycles. The minimum absolute atomic E-state index is 0.189. The number of hydrogen-bond donors (Lipinski definition) is 1. The molecule has 0 bridgehead atoms. The van der Waals surface area contributed by atoms with Crippen molar-refractivity contribution in [2.45, 2.75) is 44.2 Å². The van der Waals surface area contributed by atoms with E-state index >= 15 is 0 Å². The molecule has 0 spiro atoms. The highest BCUT2D eigenvalue weighted by Crippen LogP contribution is 2.20. The number of nitrogens with zero attached hydrogens (tertiary/aromatic N) is 1. The fraction of sp³-hybridized carbons (Fsp3) is 0.909. The average Bonchev–Trinajstić information content (AvgIpc) is 2.88. The molecule has 1 aliphatic heterocycles. The van der Waals surface area contributed by atoms with Crippen molar-refractivity contribution in [3.8, 4) is 0 Å². The molecule has 1 unspecified atom stereocenters. The fourth-order valence-electron chi connectivity index (χ4n) is 2.62. The van der Waals surface area contributed by atoms with Crippen molar-refractivity contribution in [1.82, 2.24) is 10.2 Å². The lowest BCUT2D eigenvalue weighted by molar-refractivity contribution is 0.132. The average molecular weight is 212 g/mol. The number of carbonyl (C=O) groups is 1. The Kier molecular flexibility index (Phi) is 3.46. The van der Waals surface area contributed by atoms with Gasteiger partial charge in [0.05, 0.1) is 7.11 Å². The third kappa shape index (κ3) is 2.62. The summed E-state index contributed by atoms with van der Waals surface area (Å²) in [6, 6.07) is 1.17. The molecule has 1 saturated carbocycles. The van der Waals surface area contributed by atoms with Crippen molar-refractivity contribution < 1.29 is 9.53 Å². The van der Waals surface area contributed by atoms with Gasteiger partial charge in [-0.05, 0) is 19.3 Å². The van der Waals surface area contributed by atoms with Gasteiger partial charge in [0.1, 0.15) is 0 Å². The van der Waals surface area contributed by atoms with Crippen LogP contribution >= 0.6 is 0 Å². The molecular formula is C11H20N2O2. The van der Waals surface area contributed by atoms with Crippen molar-refractivity contribution in [2.24, 2.45) is 0 Å². The predicted octanol–water partition coefficient (Wildman–Crippen LogP) is 1.36. The lowest BCUT2D eigenvalue weighted by Gasteiger charge is -2.19. The normalized spacial score (nSPS) is 27.3. The lowest BCUT2D eigenvalue weighted by atomic mass is 10.2. The van der Waals surface area contributed by atoms with Crippen LogP contribution in [0.4, 0.5) is 4.79 Å². The molecule has 2 aliphatic rings. The van der Waals surface area contributed by atoms with E-state index in [9.17, 15) is 4.79 Å². The lowest BCUT2D eigenvalue weighted by Crippen LogP contribution is -2.39. The number of ether oxygens (including phenoxy) is 1. The van der Waals surface area contributed by atoms with E-state index < -0.39 is 0 Å². The van der Waals surface area contributed by atoms with Crippen molar-refractivity contribution in [1.29, 1.82) is 0 Å². The fourth-order valence-corrected chi connectivity index (χ4v) is 2.62. The molecule has 1 saturated heterocycles. The Morgan fingerprint density at radius 2 is 2.00 bits per heavy atom. The molecule has 2 rings (SSSR count). The highest BCUT2D eigenvalue weighted by molar-refractivity contribution is 5.67. The van der Waals surface area contributed by atoms with Gasteiger partial charge in [0.25, 0.3) is 0 Å². The SMILES string of the molecule is COC(=O)N1CCC(NC2CCCC2)C1. The number of likely N-dealkylation sites (tertiary alicyclic amines) is 1. The number of carbonyl (C=O) groups excluding carboxylic acids is 1. The van der Waals surface area contributed by atoms with Crippen LogP contribution in [-0.4, -0.2) is 43.3 Å². The van der Waals surface area contributed by atoms with Gasteiger partial charge in [0.15, 0.2) is 0 Å². The second-order valence-corrected chi connectivity index (χ2v) is 4.55. The van der Waals surface area contributed by atoms with Gasteiger partial charge in [-0.15, -0.1) is 0 Å². The molecule has 1 heterocycles. The molecule has 1 aliphatic carbocycles. The molecule has 86 valence electrons. The van der Waals surface area contributed by atoms with Gasteiger partial charge in [-0.1, -0.05) is 12.8 Å². The Labute approximate surface area is 91.0 Å². The Balaban J connectivity index is 1.74. The highest BCUT2D eigenvalue weighted by atomic mass is 16.5. The maximum absolute atomic E-state index is 11.3. The van der Waals surface area contributed by atoms with Crippen LogP contribution in [0.25, 0.3) is 0 Å². The molecule has 4 heteroatoms. The third-order valence-electron chi connectivity index (χ3n) is 3.45. The van der Waals surface area contributed by atoms with E-state index in [1.54, 1.807) is 4.90 Å². The zero-order valence-corrected chi connectivity index (χ0v) is 9.37. The van der Waals surface area contributed by atoms with Gasteiger partial charge < -0.3 is 15.0 Å². The number of nitrogens with one attached hydrogen (secondary N) is 1. The summed E-state index contributed by atoms with van der Waals surface area (Å²) in [7, 11) is 1.44. The molecule has 15 heavy (non-hydrogen) atoms. The van der Waals surface area contributed by atoms with Gasteiger partial charge >= 0.3 is 6.09 Å². The largest absolute Gasteiger partial charge is 0.453 e. The Morgan fingerprint density at radius 1 is 1.27 bits per heavy atom. The summed E-state index contributed by atoms with van der Waals surface area (Å²) >= 11 is 0. The molecule has 0 aromatic rings. The van der Waals surface area contributed by atoms with Gasteiger partial charge in [-0.25, -0.2) is 4.79 Å². The van der Waals surface area contributed by atoms with E-state index in [0.717, 1.165) is 19.5 Å². The minimum Gasteiger partial charge on any atom is -0.453 e. The van der Waals surface area contributed by atoms with Gasteiger partial charge in [0.2, 0.25) is 0 Å². The second kappa shape index (κ2) is 4.84. The van der Waals surface area contributed by atoms with Crippen LogP contribution in [-0.2, 0) is 4.74 Å². The summed E-state index contributed by atoms with van der Waals surface area (Å²) in [5, 5.41) is 3.64. The monoisotopic (exact) mass is 212 g/mol. The molecule has 1 amide bonds. The zero-order chi connectivity index (χ0) is 10.7. The molecule has 0 radical (unpaired) electrons. The van der Waals surface area contributed by atoms with Crippen molar-refractivity contribution in [2.75, 3.05) is 20.2 Å². The summed E-state index contributed by atoms with van der Waals surface area (Å²) in [5.41, 5.74) is 0. The van der Waals surface area contributed by atoms with E-state index in [0.29, 0.717) is 12.1 Å². The molecule has 1 atom stereocenters. The topological polar surface area (TPSA) is 41.6 Å². The number of methoxy groups -OCH3 is 1. The molecule has 0 aromatic carbocycles. The van der Waals surface area contributed by atoms with E-state index in [2.05, 4.69) is 5.32 Å². The molecule has 1 N–H and O–H groups in total. The predicted molar refractivity (Wildman–Crippen MR) is 57.8 cm³/mol. The summed E-state index contributed by atoms with van der Waals surface area (Å²) in [6.07, 6.45) is 6.18. The number of amides is 1. The summed E-state index contributed by atoms with van der Waals surface area (Å²) in [6.45, 7) is 1.64. The zero-order valence-electron chi connectivity index (χ0n) is 9.37. The highest BCUT2D eigenvalue weighted by Gasteiger charge is 2.28. The van der Waals surface area contributed by atoms with E-state index in [1.807, 2.05) is 0 Å². The van der Waals surface area contributed by atoms with Crippen LogP contribution in [0.3, 0.4) is 0 Å². The quantitative estimate of drug-likeness (QED) is 0.751.